The van der Waals surface area contributed by atoms with Crippen LogP contribution < -0.4 is 5.73 Å². The van der Waals surface area contributed by atoms with Crippen LogP contribution in [0.4, 0.5) is 13.2 Å². The number of hydrogen-bond acceptors (Lipinski definition) is 4. The molecule has 0 radical (unpaired) electrons. The van der Waals surface area contributed by atoms with Gasteiger partial charge >= 0.3 is 6.18 Å². The molecule has 0 atom stereocenters. The van der Waals surface area contributed by atoms with Crippen LogP contribution in [0.3, 0.4) is 0 Å². The predicted molar refractivity (Wildman–Crippen MR) is 105 cm³/mol. The van der Waals surface area contributed by atoms with Crippen molar-refractivity contribution in [3.63, 3.8) is 0 Å². The lowest BCUT2D eigenvalue weighted by Crippen LogP contribution is -2.27. The molecule has 0 unspecified atom stereocenters. The summed E-state index contributed by atoms with van der Waals surface area (Å²) in [6, 6.07) is 5.82. The second-order valence-corrected chi connectivity index (χ2v) is 6.84. The zero-order valence-corrected chi connectivity index (χ0v) is 16.8. The first kappa shape index (κ1) is 25.2. The lowest BCUT2D eigenvalue weighted by atomic mass is 9.91. The van der Waals surface area contributed by atoms with E-state index < -0.39 is 23.7 Å². The molecular formula is C20H26F3N3O4. The Morgan fingerprint density at radius 2 is 1.63 bits per heavy atom. The smallest absolute Gasteiger partial charge is 0.416 e. The number of alkyl halides is 3. The molecule has 30 heavy (non-hydrogen) atoms. The molecule has 0 aliphatic heterocycles. The van der Waals surface area contributed by atoms with Crippen LogP contribution in [0, 0.1) is 0 Å². The van der Waals surface area contributed by atoms with Crippen LogP contribution in [0.1, 0.15) is 51.1 Å². The summed E-state index contributed by atoms with van der Waals surface area (Å²) in [7, 11) is 0. The maximum Gasteiger partial charge on any atom is 0.416 e. The average molecular weight is 429 g/mol. The molecule has 1 aromatic heterocycles. The monoisotopic (exact) mass is 429 g/mol. The molecule has 4 N–H and O–H groups in total. The first-order valence-electron chi connectivity index (χ1n) is 9.27. The summed E-state index contributed by atoms with van der Waals surface area (Å²) in [5, 5.41) is 14.8. The number of nitrogens with two attached hydrogens (primary N) is 1. The fraction of sp³-hybridized carbons (Fsp3) is 0.450. The minimum Gasteiger partial charge on any atom is -0.481 e. The molecule has 1 aliphatic carbocycles. The van der Waals surface area contributed by atoms with Crippen molar-refractivity contribution >= 4 is 11.9 Å². The summed E-state index contributed by atoms with van der Waals surface area (Å²) in [6.07, 6.45) is 2.88. The Morgan fingerprint density at radius 1 is 1.10 bits per heavy atom. The minimum absolute atomic E-state index is 0.233. The molecule has 1 aromatic carbocycles. The van der Waals surface area contributed by atoms with Gasteiger partial charge in [0, 0.05) is 43.9 Å². The van der Waals surface area contributed by atoms with E-state index >= 15 is 0 Å². The van der Waals surface area contributed by atoms with Crippen molar-refractivity contribution in [2.45, 2.75) is 57.8 Å². The van der Waals surface area contributed by atoms with Gasteiger partial charge in [0.2, 0.25) is 0 Å². The van der Waals surface area contributed by atoms with Gasteiger partial charge in [-0.05, 0) is 37.8 Å². The highest BCUT2D eigenvalue weighted by atomic mass is 19.4. The molecule has 0 amide bonds. The Kier molecular flexibility index (Phi) is 9.51. The fourth-order valence-electron chi connectivity index (χ4n) is 3.05. The average Bonchev–Trinajstić information content (AvgIpc) is 3.10. The predicted octanol–water partition coefficient (Wildman–Crippen LogP) is 4.19. The molecule has 1 saturated carbocycles. The number of rotatable bonds is 2. The van der Waals surface area contributed by atoms with Crippen LogP contribution in [0.15, 0.2) is 36.7 Å². The molecule has 1 fully saturated rings. The highest BCUT2D eigenvalue weighted by molar-refractivity contribution is 5.63. The van der Waals surface area contributed by atoms with Crippen LogP contribution in [0.2, 0.25) is 0 Å². The third-order valence-electron chi connectivity index (χ3n) is 4.25. The number of nitrogens with zero attached hydrogens (tertiary/aromatic N) is 2. The maximum atomic E-state index is 12.9. The van der Waals surface area contributed by atoms with Crippen molar-refractivity contribution < 1.29 is 33.0 Å². The number of carboxylic acid groups (broad SMARTS) is 2. The van der Waals surface area contributed by atoms with Crippen molar-refractivity contribution in [1.29, 1.82) is 0 Å². The van der Waals surface area contributed by atoms with E-state index in [-0.39, 0.29) is 12.1 Å². The fourth-order valence-corrected chi connectivity index (χ4v) is 3.05. The van der Waals surface area contributed by atoms with Crippen molar-refractivity contribution in [1.82, 2.24) is 9.55 Å². The first-order chi connectivity index (χ1) is 13.9. The lowest BCUT2D eigenvalue weighted by molar-refractivity contribution is -0.137. The van der Waals surface area contributed by atoms with Gasteiger partial charge in [-0.3, -0.25) is 9.59 Å². The van der Waals surface area contributed by atoms with E-state index in [1.807, 2.05) is 10.8 Å². The van der Waals surface area contributed by atoms with E-state index in [0.29, 0.717) is 11.4 Å². The van der Waals surface area contributed by atoms with Crippen LogP contribution >= 0.6 is 0 Å². The van der Waals surface area contributed by atoms with Crippen LogP contribution in [0.5, 0.6) is 0 Å². The second kappa shape index (κ2) is 11.3. The van der Waals surface area contributed by atoms with Gasteiger partial charge in [0.15, 0.2) is 0 Å². The summed E-state index contributed by atoms with van der Waals surface area (Å²) in [5.74, 6) is -1.08. The third-order valence-corrected chi connectivity index (χ3v) is 4.25. The maximum absolute atomic E-state index is 12.9. The van der Waals surface area contributed by atoms with E-state index in [1.54, 1.807) is 12.3 Å². The SMILES string of the molecule is CC(=O)O.CC(=O)O.NC1CCC(n2ccnc2-c2cccc(C(F)(F)F)c2)CC1. The van der Waals surface area contributed by atoms with E-state index in [1.165, 1.54) is 6.07 Å². The third kappa shape index (κ3) is 8.64. The number of carboxylic acids is 2. The Hall–Kier alpha value is -2.88. The van der Waals surface area contributed by atoms with Crippen molar-refractivity contribution in [2.75, 3.05) is 0 Å². The molecule has 2 aromatic rings. The van der Waals surface area contributed by atoms with E-state index in [9.17, 15) is 13.2 Å². The van der Waals surface area contributed by atoms with Gasteiger partial charge in [0.05, 0.1) is 5.56 Å². The number of hydrogen-bond donors (Lipinski definition) is 3. The van der Waals surface area contributed by atoms with E-state index in [2.05, 4.69) is 4.98 Å². The van der Waals surface area contributed by atoms with Crippen LogP contribution in [0.25, 0.3) is 11.4 Å². The van der Waals surface area contributed by atoms with Crippen molar-refractivity contribution in [3.8, 4) is 11.4 Å². The molecule has 1 aliphatic rings. The number of carbonyl (C=O) groups is 2. The normalized spacial score (nSPS) is 18.3. The largest absolute Gasteiger partial charge is 0.481 e. The summed E-state index contributed by atoms with van der Waals surface area (Å²) >= 11 is 0. The molecule has 1 heterocycles. The second-order valence-electron chi connectivity index (χ2n) is 6.84. The summed E-state index contributed by atoms with van der Waals surface area (Å²) in [4.78, 5) is 22.3. The Balaban J connectivity index is 0.000000485. The summed E-state index contributed by atoms with van der Waals surface area (Å²) in [6.45, 7) is 2.17. The van der Waals surface area contributed by atoms with Crippen LogP contribution in [-0.4, -0.2) is 37.7 Å². The quantitative estimate of drug-likeness (QED) is 0.659. The number of aliphatic carboxylic acids is 2. The first-order valence-corrected chi connectivity index (χ1v) is 9.27. The van der Waals surface area contributed by atoms with Gasteiger partial charge in [-0.1, -0.05) is 12.1 Å². The van der Waals surface area contributed by atoms with E-state index in [4.69, 9.17) is 25.5 Å². The minimum atomic E-state index is -4.34. The van der Waals surface area contributed by atoms with E-state index in [0.717, 1.165) is 51.7 Å². The van der Waals surface area contributed by atoms with Gasteiger partial charge in [-0.15, -0.1) is 0 Å². The Morgan fingerprint density at radius 3 is 2.13 bits per heavy atom. The summed E-state index contributed by atoms with van der Waals surface area (Å²) in [5.41, 5.74) is 5.76. The van der Waals surface area contributed by atoms with Crippen molar-refractivity contribution in [2.24, 2.45) is 5.73 Å². The highest BCUT2D eigenvalue weighted by Crippen LogP contribution is 2.34. The number of halogens is 3. The highest BCUT2D eigenvalue weighted by Gasteiger charge is 2.31. The molecule has 0 saturated heterocycles. The van der Waals surface area contributed by atoms with Gasteiger partial charge in [0.1, 0.15) is 5.82 Å². The Labute approximate surface area is 172 Å². The zero-order valence-electron chi connectivity index (χ0n) is 16.8. The molecule has 0 spiro atoms. The van der Waals surface area contributed by atoms with Gasteiger partial charge in [-0.2, -0.15) is 13.2 Å². The molecule has 10 heteroatoms. The van der Waals surface area contributed by atoms with Gasteiger partial charge in [-0.25, -0.2) is 4.98 Å². The summed E-state index contributed by atoms with van der Waals surface area (Å²) < 4.78 is 40.6. The zero-order chi connectivity index (χ0) is 22.9. The molecule has 3 rings (SSSR count). The van der Waals surface area contributed by atoms with Gasteiger partial charge < -0.3 is 20.5 Å². The van der Waals surface area contributed by atoms with Crippen LogP contribution in [-0.2, 0) is 15.8 Å². The molecule has 166 valence electrons. The molecule has 0 bridgehead atoms. The topological polar surface area (TPSA) is 118 Å². The number of imidazole rings is 1. The van der Waals surface area contributed by atoms with Gasteiger partial charge in [0.25, 0.3) is 11.9 Å². The molecule has 7 nitrogen and oxygen atoms in total. The molecular weight excluding hydrogens is 403 g/mol. The Bertz CT molecular complexity index is 809. The standard InChI is InChI=1S/C16H18F3N3.2C2H4O2/c17-16(18,19)12-3-1-2-11(10-12)15-21-8-9-22(15)14-6-4-13(20)5-7-14;2*1-2(3)4/h1-3,8-10,13-14H,4-7,20H2;2*1H3,(H,3,4). The lowest BCUT2D eigenvalue weighted by Gasteiger charge is -2.28. The number of benzene rings is 1. The number of aromatic nitrogens is 2. The van der Waals surface area contributed by atoms with Crippen molar-refractivity contribution in [3.05, 3.63) is 42.2 Å².